The number of cyclic esters (lactones) is 1. The van der Waals surface area contributed by atoms with Crippen molar-refractivity contribution in [3.63, 3.8) is 0 Å². The van der Waals surface area contributed by atoms with E-state index in [1.165, 1.54) is 0 Å². The van der Waals surface area contributed by atoms with E-state index in [0.29, 0.717) is 37.6 Å². The molecule has 4 rings (SSSR count). The Kier molecular flexibility index (Phi) is 6.02. The van der Waals surface area contributed by atoms with Crippen molar-refractivity contribution in [2.24, 2.45) is 0 Å². The minimum Gasteiger partial charge on any atom is -0.443 e. The lowest BCUT2D eigenvalue weighted by molar-refractivity contribution is -0.132. The van der Waals surface area contributed by atoms with Crippen molar-refractivity contribution in [1.29, 1.82) is 0 Å². The lowest BCUT2D eigenvalue weighted by Gasteiger charge is -2.35. The van der Waals surface area contributed by atoms with Crippen LogP contribution in [-0.4, -0.2) is 67.2 Å². The zero-order valence-corrected chi connectivity index (χ0v) is 16.9. The van der Waals surface area contributed by atoms with Crippen molar-refractivity contribution in [3.8, 4) is 0 Å². The van der Waals surface area contributed by atoms with Crippen LogP contribution in [0.15, 0.2) is 54.6 Å². The number of rotatable bonds is 5. The predicted octanol–water partition coefficient (Wildman–Crippen LogP) is 3.05. The summed E-state index contributed by atoms with van der Waals surface area (Å²) >= 11 is 6.17. The molecular formula is C22H24ClN3O3. The fraction of sp³-hybridized carbons (Fsp3) is 0.364. The van der Waals surface area contributed by atoms with Gasteiger partial charge in [0.2, 0.25) is 5.91 Å². The van der Waals surface area contributed by atoms with E-state index >= 15 is 0 Å². The van der Waals surface area contributed by atoms with Gasteiger partial charge in [-0.2, -0.15) is 0 Å². The minimum atomic E-state index is -0.297. The summed E-state index contributed by atoms with van der Waals surface area (Å²) in [6.07, 6.45) is -0.130. The van der Waals surface area contributed by atoms with Crippen LogP contribution in [0.3, 0.4) is 0 Å². The molecule has 0 saturated carbocycles. The number of anilines is 1. The molecule has 2 fully saturated rings. The molecule has 0 spiro atoms. The summed E-state index contributed by atoms with van der Waals surface area (Å²) in [5.74, 6) is 0.0975. The van der Waals surface area contributed by atoms with Crippen LogP contribution in [0.5, 0.6) is 0 Å². The second-order valence-corrected chi connectivity index (χ2v) is 7.81. The first kappa shape index (κ1) is 19.7. The molecule has 2 saturated heterocycles. The van der Waals surface area contributed by atoms with Gasteiger partial charge in [-0.05, 0) is 23.8 Å². The van der Waals surface area contributed by atoms with E-state index in [-0.39, 0.29) is 18.1 Å². The smallest absolute Gasteiger partial charge is 0.414 e. The summed E-state index contributed by atoms with van der Waals surface area (Å²) in [4.78, 5) is 30.6. The fourth-order valence-electron chi connectivity index (χ4n) is 3.82. The second kappa shape index (κ2) is 8.84. The Morgan fingerprint density at radius 3 is 2.41 bits per heavy atom. The highest BCUT2D eigenvalue weighted by Crippen LogP contribution is 2.22. The highest BCUT2D eigenvalue weighted by molar-refractivity contribution is 6.31. The summed E-state index contributed by atoms with van der Waals surface area (Å²) in [5, 5.41) is 0.630. The monoisotopic (exact) mass is 413 g/mol. The first-order valence-corrected chi connectivity index (χ1v) is 10.2. The van der Waals surface area contributed by atoms with E-state index in [1.807, 2.05) is 59.5 Å². The van der Waals surface area contributed by atoms with Crippen molar-refractivity contribution in [3.05, 3.63) is 65.2 Å². The normalized spacial score (nSPS) is 20.0. The highest BCUT2D eigenvalue weighted by atomic mass is 35.5. The number of ether oxygens (including phenoxy) is 1. The highest BCUT2D eigenvalue weighted by Gasteiger charge is 2.34. The number of piperazine rings is 1. The molecule has 1 atom stereocenters. The van der Waals surface area contributed by atoms with Gasteiger partial charge in [-0.1, -0.05) is 48.0 Å². The topological polar surface area (TPSA) is 53.1 Å². The summed E-state index contributed by atoms with van der Waals surface area (Å²) < 4.78 is 5.55. The van der Waals surface area contributed by atoms with Gasteiger partial charge in [0, 0.05) is 43.4 Å². The fourth-order valence-corrected chi connectivity index (χ4v) is 4.02. The molecule has 152 valence electrons. The Morgan fingerprint density at radius 2 is 1.69 bits per heavy atom. The third kappa shape index (κ3) is 4.71. The minimum absolute atomic E-state index is 0.0975. The third-order valence-electron chi connectivity index (χ3n) is 5.43. The molecule has 0 aliphatic carbocycles. The van der Waals surface area contributed by atoms with Gasteiger partial charge in [0.25, 0.3) is 0 Å². The Labute approximate surface area is 175 Å². The van der Waals surface area contributed by atoms with Crippen LogP contribution in [0.2, 0.25) is 5.02 Å². The van der Waals surface area contributed by atoms with Gasteiger partial charge >= 0.3 is 6.09 Å². The van der Waals surface area contributed by atoms with E-state index in [1.54, 1.807) is 4.90 Å². The lowest BCUT2D eigenvalue weighted by Crippen LogP contribution is -2.51. The Bertz CT molecular complexity index is 869. The average Bonchev–Trinajstić information content (AvgIpc) is 3.11. The van der Waals surface area contributed by atoms with Gasteiger partial charge in [0.1, 0.15) is 6.10 Å². The number of nitrogens with zero attached hydrogens (tertiary/aromatic N) is 3. The molecule has 2 amide bonds. The van der Waals surface area contributed by atoms with Crippen LogP contribution >= 0.6 is 11.6 Å². The molecule has 2 aromatic rings. The van der Waals surface area contributed by atoms with Crippen molar-refractivity contribution in [2.75, 3.05) is 44.2 Å². The number of carbonyl (C=O) groups is 2. The molecule has 2 aliphatic rings. The van der Waals surface area contributed by atoms with Gasteiger partial charge in [-0.25, -0.2) is 4.79 Å². The molecule has 0 bridgehead atoms. The second-order valence-electron chi connectivity index (χ2n) is 7.40. The SMILES string of the molecule is O=C(Cc1ccccc1Cl)N1CCN(CC2CN(c3ccccc3)C(=O)O2)CC1. The molecule has 7 heteroatoms. The van der Waals surface area contributed by atoms with E-state index in [9.17, 15) is 9.59 Å². The largest absolute Gasteiger partial charge is 0.443 e. The van der Waals surface area contributed by atoms with Gasteiger partial charge < -0.3 is 9.64 Å². The van der Waals surface area contributed by atoms with Crippen molar-refractivity contribution < 1.29 is 14.3 Å². The zero-order chi connectivity index (χ0) is 20.2. The summed E-state index contributed by atoms with van der Waals surface area (Å²) in [6.45, 7) is 4.12. The molecule has 2 aromatic carbocycles. The van der Waals surface area contributed by atoms with Gasteiger partial charge in [-0.3, -0.25) is 14.6 Å². The third-order valence-corrected chi connectivity index (χ3v) is 5.80. The predicted molar refractivity (Wildman–Crippen MR) is 112 cm³/mol. The number of carbonyl (C=O) groups excluding carboxylic acids is 2. The number of amides is 2. The molecule has 29 heavy (non-hydrogen) atoms. The van der Waals surface area contributed by atoms with Gasteiger partial charge in [-0.15, -0.1) is 0 Å². The Morgan fingerprint density at radius 1 is 1.00 bits per heavy atom. The van der Waals surface area contributed by atoms with Gasteiger partial charge in [0.05, 0.1) is 13.0 Å². The molecule has 0 aromatic heterocycles. The molecule has 2 aliphatic heterocycles. The number of halogens is 1. The maximum atomic E-state index is 12.6. The summed E-state index contributed by atoms with van der Waals surface area (Å²) in [7, 11) is 0. The first-order chi connectivity index (χ1) is 14.1. The van der Waals surface area contributed by atoms with Crippen LogP contribution < -0.4 is 4.90 Å². The van der Waals surface area contributed by atoms with Crippen molar-refractivity contribution >= 4 is 29.3 Å². The lowest BCUT2D eigenvalue weighted by atomic mass is 10.1. The standard InChI is InChI=1S/C22H24ClN3O3/c23-20-9-5-4-6-17(20)14-21(27)25-12-10-24(11-13-25)15-19-16-26(22(28)29-19)18-7-2-1-3-8-18/h1-9,19H,10-16H2. The number of hydrogen-bond donors (Lipinski definition) is 0. The van der Waals surface area contributed by atoms with Crippen LogP contribution in [0, 0.1) is 0 Å². The maximum absolute atomic E-state index is 12.6. The van der Waals surface area contributed by atoms with Crippen molar-refractivity contribution in [2.45, 2.75) is 12.5 Å². The van der Waals surface area contributed by atoms with Crippen LogP contribution in [0.4, 0.5) is 10.5 Å². The van der Waals surface area contributed by atoms with Crippen LogP contribution in [-0.2, 0) is 16.0 Å². The number of hydrogen-bond acceptors (Lipinski definition) is 4. The Hall–Kier alpha value is -2.57. The zero-order valence-electron chi connectivity index (χ0n) is 16.2. The number of benzene rings is 2. The quantitative estimate of drug-likeness (QED) is 0.756. The van der Waals surface area contributed by atoms with E-state index in [4.69, 9.17) is 16.3 Å². The van der Waals surface area contributed by atoms with Crippen LogP contribution in [0.1, 0.15) is 5.56 Å². The number of para-hydroxylation sites is 1. The molecule has 1 unspecified atom stereocenters. The molecular weight excluding hydrogens is 390 g/mol. The molecule has 0 radical (unpaired) electrons. The van der Waals surface area contributed by atoms with Gasteiger partial charge in [0.15, 0.2) is 0 Å². The maximum Gasteiger partial charge on any atom is 0.414 e. The first-order valence-electron chi connectivity index (χ1n) is 9.87. The average molecular weight is 414 g/mol. The molecule has 2 heterocycles. The summed E-state index contributed by atoms with van der Waals surface area (Å²) in [5.41, 5.74) is 1.72. The van der Waals surface area contributed by atoms with E-state index in [0.717, 1.165) is 24.3 Å². The molecule has 6 nitrogen and oxygen atoms in total. The Balaban J connectivity index is 1.26. The van der Waals surface area contributed by atoms with Crippen molar-refractivity contribution in [1.82, 2.24) is 9.80 Å². The summed E-state index contributed by atoms with van der Waals surface area (Å²) in [6, 6.07) is 17.0. The van der Waals surface area contributed by atoms with E-state index in [2.05, 4.69) is 4.90 Å². The van der Waals surface area contributed by atoms with E-state index < -0.39 is 0 Å². The van der Waals surface area contributed by atoms with Crippen LogP contribution in [0.25, 0.3) is 0 Å². The molecule has 0 N–H and O–H groups in total.